The topological polar surface area (TPSA) is 88.1 Å². The number of carbonyl (C=O) groups is 1. The Labute approximate surface area is 226 Å². The van der Waals surface area contributed by atoms with Crippen LogP contribution in [-0.2, 0) is 21.0 Å². The van der Waals surface area contributed by atoms with Crippen molar-refractivity contribution >= 4 is 51.2 Å². The van der Waals surface area contributed by atoms with Gasteiger partial charge in [0.25, 0.3) is 15.9 Å². The van der Waals surface area contributed by atoms with Crippen molar-refractivity contribution in [2.75, 3.05) is 22.4 Å². The van der Waals surface area contributed by atoms with Crippen molar-refractivity contribution in [3.8, 4) is 5.75 Å². The molecule has 200 valence electrons. The number of nitrogens with zero attached hydrogens (tertiary/aromatic N) is 2. The molecule has 13 heteroatoms. The summed E-state index contributed by atoms with van der Waals surface area (Å²) in [6, 6.07) is 16.7. The van der Waals surface area contributed by atoms with E-state index in [1.807, 2.05) is 0 Å². The van der Waals surface area contributed by atoms with Gasteiger partial charge in [-0.1, -0.05) is 29.8 Å². The molecular weight excluding hydrogens is 563 g/mol. The normalized spacial score (nSPS) is 14.2. The van der Waals surface area contributed by atoms with Gasteiger partial charge in [-0.25, -0.2) is 13.8 Å². The van der Waals surface area contributed by atoms with Crippen LogP contribution in [0.4, 0.5) is 18.9 Å². The molecule has 3 aromatic carbocycles. The number of alkyl halides is 3. The minimum absolute atomic E-state index is 0.196. The van der Waals surface area contributed by atoms with Gasteiger partial charge in [0.2, 0.25) is 0 Å². The van der Waals surface area contributed by atoms with Gasteiger partial charge in [0, 0.05) is 11.5 Å². The van der Waals surface area contributed by atoms with Crippen molar-refractivity contribution < 1.29 is 31.1 Å². The maximum absolute atomic E-state index is 13.5. The molecule has 1 saturated heterocycles. The average Bonchev–Trinajstić information content (AvgIpc) is 2.86. The number of anilines is 1. The van der Waals surface area contributed by atoms with Gasteiger partial charge in [-0.15, -0.1) is 0 Å². The van der Waals surface area contributed by atoms with E-state index in [-0.39, 0.29) is 16.7 Å². The minimum atomic E-state index is -4.83. The summed E-state index contributed by atoms with van der Waals surface area (Å²) in [6.45, 7) is -0.834. The first-order valence-corrected chi connectivity index (χ1v) is 14.1. The second-order valence-electron chi connectivity index (χ2n) is 8.13. The summed E-state index contributed by atoms with van der Waals surface area (Å²) in [5, 5.41) is 3.24. The van der Waals surface area contributed by atoms with E-state index in [2.05, 4.69) is 10.5 Å². The molecule has 0 unspecified atom stereocenters. The van der Waals surface area contributed by atoms with E-state index < -0.39 is 39.2 Å². The molecule has 1 aliphatic heterocycles. The summed E-state index contributed by atoms with van der Waals surface area (Å²) >= 11 is 7.50. The van der Waals surface area contributed by atoms with Crippen LogP contribution in [0.2, 0.25) is 5.02 Å². The Morgan fingerprint density at radius 3 is 2.39 bits per heavy atom. The van der Waals surface area contributed by atoms with Gasteiger partial charge < -0.3 is 4.74 Å². The first-order chi connectivity index (χ1) is 18.0. The Morgan fingerprint density at radius 1 is 1.11 bits per heavy atom. The predicted molar refractivity (Wildman–Crippen MR) is 141 cm³/mol. The van der Waals surface area contributed by atoms with Crippen LogP contribution < -0.4 is 14.5 Å². The highest BCUT2D eigenvalue weighted by Crippen LogP contribution is 2.38. The molecule has 1 aliphatic rings. The van der Waals surface area contributed by atoms with Crippen LogP contribution in [0.15, 0.2) is 82.8 Å². The standard InChI is InChI=1S/C25H21ClF3N3O4S2/c26-23-11-8-18(12-22(23)25(27,28)29)32(38(34,35)21-4-2-1-3-5-21)14-24(33)31-30-13-17-6-9-19(10-7-17)36-20-15-37-16-20/h1-13,20H,14-16H2,(H,31,33)/b30-13-. The third kappa shape index (κ3) is 6.80. The summed E-state index contributed by atoms with van der Waals surface area (Å²) in [7, 11) is -4.42. The van der Waals surface area contributed by atoms with Gasteiger partial charge >= 0.3 is 6.18 Å². The summed E-state index contributed by atoms with van der Waals surface area (Å²) in [5.74, 6) is 1.73. The first-order valence-electron chi connectivity index (χ1n) is 11.1. The highest BCUT2D eigenvalue weighted by molar-refractivity contribution is 8.00. The average molecular weight is 584 g/mol. The summed E-state index contributed by atoms with van der Waals surface area (Å²) < 4.78 is 73.3. The number of thioether (sulfide) groups is 1. The first kappa shape index (κ1) is 27.8. The fourth-order valence-corrected chi connectivity index (χ4v) is 5.59. The molecule has 3 aromatic rings. The van der Waals surface area contributed by atoms with Crippen LogP contribution in [0.25, 0.3) is 0 Å². The molecule has 1 amide bonds. The van der Waals surface area contributed by atoms with Gasteiger partial charge in [0.05, 0.1) is 27.4 Å². The van der Waals surface area contributed by atoms with Crippen LogP contribution >= 0.6 is 23.4 Å². The van der Waals surface area contributed by atoms with E-state index in [4.69, 9.17) is 16.3 Å². The molecule has 0 atom stereocenters. The molecule has 1 heterocycles. The van der Waals surface area contributed by atoms with Gasteiger partial charge in [0.15, 0.2) is 0 Å². The molecule has 0 spiro atoms. The number of sulfonamides is 1. The highest BCUT2D eigenvalue weighted by Gasteiger charge is 2.35. The summed E-state index contributed by atoms with van der Waals surface area (Å²) in [4.78, 5) is 12.5. The van der Waals surface area contributed by atoms with Crippen molar-refractivity contribution in [1.82, 2.24) is 5.43 Å². The van der Waals surface area contributed by atoms with Crippen molar-refractivity contribution in [3.05, 3.63) is 88.9 Å². The molecule has 0 aromatic heterocycles. The molecule has 1 N–H and O–H groups in total. The smallest absolute Gasteiger partial charge is 0.417 e. The third-order valence-corrected chi connectivity index (χ3v) is 8.69. The quantitative estimate of drug-likeness (QED) is 0.276. The van der Waals surface area contributed by atoms with Crippen LogP contribution in [0.1, 0.15) is 11.1 Å². The Balaban J connectivity index is 1.52. The fraction of sp³-hybridized carbons (Fsp3) is 0.200. The van der Waals surface area contributed by atoms with Gasteiger partial charge in [-0.2, -0.15) is 30.0 Å². The fourth-order valence-electron chi connectivity index (χ4n) is 3.37. The molecule has 0 saturated carbocycles. The molecule has 0 radical (unpaired) electrons. The second-order valence-corrected chi connectivity index (χ2v) is 11.5. The lowest BCUT2D eigenvalue weighted by Crippen LogP contribution is -2.39. The molecule has 7 nitrogen and oxygen atoms in total. The second kappa shape index (κ2) is 11.7. The summed E-state index contributed by atoms with van der Waals surface area (Å²) in [5.41, 5.74) is 1.25. The van der Waals surface area contributed by atoms with Crippen LogP contribution in [0, 0.1) is 0 Å². The third-order valence-electron chi connectivity index (χ3n) is 5.35. The number of halogens is 4. The lowest BCUT2D eigenvalue weighted by Gasteiger charge is -2.25. The monoisotopic (exact) mass is 583 g/mol. The zero-order valence-electron chi connectivity index (χ0n) is 19.6. The number of ether oxygens (including phenoxy) is 1. The molecule has 38 heavy (non-hydrogen) atoms. The van der Waals surface area contributed by atoms with Crippen LogP contribution in [0.5, 0.6) is 5.75 Å². The van der Waals surface area contributed by atoms with E-state index in [1.54, 1.807) is 42.1 Å². The van der Waals surface area contributed by atoms with Crippen molar-refractivity contribution in [2.24, 2.45) is 5.10 Å². The number of nitrogens with one attached hydrogen (secondary N) is 1. The van der Waals surface area contributed by atoms with E-state index in [0.717, 1.165) is 23.6 Å². The number of rotatable bonds is 9. The van der Waals surface area contributed by atoms with E-state index in [0.29, 0.717) is 21.7 Å². The van der Waals surface area contributed by atoms with Crippen molar-refractivity contribution in [3.63, 3.8) is 0 Å². The molecule has 0 aliphatic carbocycles. The van der Waals surface area contributed by atoms with Gasteiger partial charge in [-0.05, 0) is 60.2 Å². The number of hydrazone groups is 1. The Kier molecular flexibility index (Phi) is 8.54. The van der Waals surface area contributed by atoms with E-state index in [1.165, 1.54) is 30.5 Å². The van der Waals surface area contributed by atoms with Crippen molar-refractivity contribution in [2.45, 2.75) is 17.2 Å². The van der Waals surface area contributed by atoms with Crippen LogP contribution in [0.3, 0.4) is 0 Å². The molecule has 4 rings (SSSR count). The lowest BCUT2D eigenvalue weighted by atomic mass is 10.2. The van der Waals surface area contributed by atoms with E-state index >= 15 is 0 Å². The van der Waals surface area contributed by atoms with E-state index in [9.17, 15) is 26.4 Å². The Bertz CT molecular complexity index is 1420. The molecule has 1 fully saturated rings. The van der Waals surface area contributed by atoms with Crippen molar-refractivity contribution in [1.29, 1.82) is 0 Å². The lowest BCUT2D eigenvalue weighted by molar-refractivity contribution is -0.137. The SMILES string of the molecule is O=C(CN(c1ccc(Cl)c(C(F)(F)F)c1)S(=O)(=O)c1ccccc1)N/N=C\c1ccc(OC2CSC2)cc1. The number of hydrogen-bond donors (Lipinski definition) is 1. The maximum atomic E-state index is 13.5. The Morgan fingerprint density at radius 2 is 1.79 bits per heavy atom. The van der Waals surface area contributed by atoms with Crippen LogP contribution in [-0.4, -0.2) is 44.7 Å². The number of hydrogen-bond acceptors (Lipinski definition) is 6. The number of carbonyl (C=O) groups excluding carboxylic acids is 1. The predicted octanol–water partition coefficient (Wildman–Crippen LogP) is 5.20. The molecule has 0 bridgehead atoms. The molecular formula is C25H21ClF3N3O4S2. The maximum Gasteiger partial charge on any atom is 0.417 e. The number of amides is 1. The summed E-state index contributed by atoms with van der Waals surface area (Å²) in [6.07, 6.45) is -3.29. The minimum Gasteiger partial charge on any atom is -0.489 e. The van der Waals surface area contributed by atoms with Gasteiger partial charge in [-0.3, -0.25) is 9.10 Å². The highest BCUT2D eigenvalue weighted by atomic mass is 35.5. The largest absolute Gasteiger partial charge is 0.489 e. The zero-order chi connectivity index (χ0) is 27.3. The zero-order valence-corrected chi connectivity index (χ0v) is 21.9. The Hall–Kier alpha value is -3.22. The number of benzene rings is 3. The van der Waals surface area contributed by atoms with Gasteiger partial charge in [0.1, 0.15) is 18.4 Å².